The van der Waals surface area contributed by atoms with Crippen molar-refractivity contribution in [3.63, 3.8) is 0 Å². The number of rotatable bonds is 1. The molecule has 9 heavy (non-hydrogen) atoms. The van der Waals surface area contributed by atoms with Crippen LogP contribution in [0.25, 0.3) is 0 Å². The predicted molar refractivity (Wildman–Crippen MR) is 33.9 cm³/mol. The molecule has 2 atom stereocenters. The number of aliphatic hydroxyl groups is 2. The van der Waals surface area contributed by atoms with Crippen LogP contribution < -0.4 is 5.73 Å². The molecular formula is C6H13NO2. The van der Waals surface area contributed by atoms with Gasteiger partial charge in [-0.1, -0.05) is 0 Å². The van der Waals surface area contributed by atoms with Crippen LogP contribution in [0.4, 0.5) is 0 Å². The zero-order chi connectivity index (χ0) is 7.12. The molecule has 0 saturated heterocycles. The van der Waals surface area contributed by atoms with Gasteiger partial charge in [-0.05, 0) is 19.8 Å². The lowest BCUT2D eigenvalue weighted by atomic mass is 9.65. The fourth-order valence-corrected chi connectivity index (χ4v) is 1.06. The summed E-state index contributed by atoms with van der Waals surface area (Å²) in [5.41, 5.74) is 4.01. The van der Waals surface area contributed by atoms with Crippen LogP contribution in [0.15, 0.2) is 0 Å². The first kappa shape index (κ1) is 6.99. The number of hydrogen-bond acceptors (Lipinski definition) is 3. The summed E-state index contributed by atoms with van der Waals surface area (Å²) < 4.78 is 0. The first-order chi connectivity index (χ1) is 4.02. The third-order valence-corrected chi connectivity index (χ3v) is 2.41. The van der Waals surface area contributed by atoms with Crippen molar-refractivity contribution in [2.75, 3.05) is 6.61 Å². The molecule has 0 spiro atoms. The third-order valence-electron chi connectivity index (χ3n) is 2.41. The summed E-state index contributed by atoms with van der Waals surface area (Å²) in [4.78, 5) is 0. The van der Waals surface area contributed by atoms with E-state index in [0.717, 1.165) is 6.42 Å². The van der Waals surface area contributed by atoms with Crippen molar-refractivity contribution >= 4 is 0 Å². The maximum atomic E-state index is 9.35. The first-order valence-corrected chi connectivity index (χ1v) is 3.14. The average Bonchev–Trinajstić information content (AvgIpc) is 1.84. The van der Waals surface area contributed by atoms with E-state index >= 15 is 0 Å². The molecule has 2 unspecified atom stereocenters. The smallest absolute Gasteiger partial charge is 0.0821 e. The van der Waals surface area contributed by atoms with Crippen LogP contribution in [-0.4, -0.2) is 28.0 Å². The lowest BCUT2D eigenvalue weighted by molar-refractivity contribution is -0.116. The van der Waals surface area contributed by atoms with Crippen molar-refractivity contribution < 1.29 is 10.2 Å². The Morgan fingerprint density at radius 2 is 2.11 bits per heavy atom. The van der Waals surface area contributed by atoms with Gasteiger partial charge in [0.25, 0.3) is 0 Å². The molecule has 0 aromatic rings. The van der Waals surface area contributed by atoms with E-state index in [9.17, 15) is 5.11 Å². The molecule has 1 aliphatic rings. The number of nitrogens with two attached hydrogens (primary N) is 1. The summed E-state index contributed by atoms with van der Waals surface area (Å²) in [7, 11) is 0. The van der Waals surface area contributed by atoms with E-state index in [1.165, 1.54) is 0 Å². The Morgan fingerprint density at radius 3 is 2.11 bits per heavy atom. The van der Waals surface area contributed by atoms with Crippen LogP contribution in [0.1, 0.15) is 19.8 Å². The third kappa shape index (κ3) is 0.764. The Balaban J connectivity index is 2.62. The molecule has 0 radical (unpaired) electrons. The monoisotopic (exact) mass is 131 g/mol. The maximum absolute atomic E-state index is 9.35. The molecule has 0 bridgehead atoms. The Hall–Kier alpha value is -0.120. The molecule has 4 N–H and O–H groups in total. The second kappa shape index (κ2) is 1.68. The van der Waals surface area contributed by atoms with Crippen molar-refractivity contribution in [1.29, 1.82) is 0 Å². The number of aliphatic hydroxyl groups excluding tert-OH is 1. The van der Waals surface area contributed by atoms with E-state index in [2.05, 4.69) is 0 Å². The second-order valence-corrected chi connectivity index (χ2v) is 3.09. The van der Waals surface area contributed by atoms with Crippen molar-refractivity contribution in [3.05, 3.63) is 0 Å². The molecule has 0 aromatic heterocycles. The molecule has 3 heteroatoms. The highest BCUT2D eigenvalue weighted by Crippen LogP contribution is 2.39. The van der Waals surface area contributed by atoms with E-state index in [-0.39, 0.29) is 6.61 Å². The van der Waals surface area contributed by atoms with Crippen LogP contribution in [0, 0.1) is 0 Å². The van der Waals surface area contributed by atoms with Crippen molar-refractivity contribution in [2.45, 2.75) is 30.9 Å². The second-order valence-electron chi connectivity index (χ2n) is 3.09. The highest BCUT2D eigenvalue weighted by Gasteiger charge is 2.51. The van der Waals surface area contributed by atoms with Crippen molar-refractivity contribution in [3.8, 4) is 0 Å². The van der Waals surface area contributed by atoms with Gasteiger partial charge in [-0.25, -0.2) is 0 Å². The molecular weight excluding hydrogens is 118 g/mol. The van der Waals surface area contributed by atoms with Gasteiger partial charge in [0, 0.05) is 0 Å². The van der Waals surface area contributed by atoms with E-state index in [1.807, 2.05) is 0 Å². The largest absolute Gasteiger partial charge is 0.394 e. The minimum Gasteiger partial charge on any atom is -0.394 e. The summed E-state index contributed by atoms with van der Waals surface area (Å²) in [6.45, 7) is 1.53. The average molecular weight is 131 g/mol. The van der Waals surface area contributed by atoms with E-state index in [1.54, 1.807) is 6.92 Å². The standard InChI is InChI=1S/C6H13NO2/c1-5(9)2-3-6(5,7)4-8/h8-9H,2-4,7H2,1H3. The summed E-state index contributed by atoms with van der Waals surface area (Å²) in [6.07, 6.45) is 1.42. The minimum absolute atomic E-state index is 0.125. The van der Waals surface area contributed by atoms with Gasteiger partial charge in [-0.15, -0.1) is 0 Å². The van der Waals surface area contributed by atoms with Gasteiger partial charge < -0.3 is 15.9 Å². The van der Waals surface area contributed by atoms with Crippen LogP contribution in [-0.2, 0) is 0 Å². The molecule has 0 heterocycles. The van der Waals surface area contributed by atoms with Gasteiger partial charge in [0.15, 0.2) is 0 Å². The van der Waals surface area contributed by atoms with Crippen molar-refractivity contribution in [2.24, 2.45) is 5.73 Å². The maximum Gasteiger partial charge on any atom is 0.0821 e. The molecule has 54 valence electrons. The molecule has 1 rings (SSSR count). The summed E-state index contributed by atoms with van der Waals surface area (Å²) in [6, 6.07) is 0. The molecule has 0 amide bonds. The van der Waals surface area contributed by atoms with Crippen LogP contribution in [0.3, 0.4) is 0 Å². The van der Waals surface area contributed by atoms with E-state index in [0.29, 0.717) is 6.42 Å². The lowest BCUT2D eigenvalue weighted by Crippen LogP contribution is -2.69. The highest BCUT2D eigenvalue weighted by molar-refractivity contribution is 5.09. The Bertz CT molecular complexity index is 120. The molecule has 0 aliphatic heterocycles. The quantitative estimate of drug-likeness (QED) is 0.437. The van der Waals surface area contributed by atoms with Gasteiger partial charge in [0.1, 0.15) is 0 Å². The predicted octanol–water partition coefficient (Wildman–Crippen LogP) is -0.779. The van der Waals surface area contributed by atoms with Gasteiger partial charge in [0.2, 0.25) is 0 Å². The first-order valence-electron chi connectivity index (χ1n) is 3.14. The van der Waals surface area contributed by atoms with Crippen LogP contribution >= 0.6 is 0 Å². The van der Waals surface area contributed by atoms with Gasteiger partial charge in [-0.3, -0.25) is 0 Å². The van der Waals surface area contributed by atoms with Gasteiger partial charge in [0.05, 0.1) is 17.7 Å². The zero-order valence-corrected chi connectivity index (χ0v) is 5.59. The number of hydrogen-bond donors (Lipinski definition) is 3. The lowest BCUT2D eigenvalue weighted by Gasteiger charge is -2.50. The Labute approximate surface area is 54.5 Å². The van der Waals surface area contributed by atoms with Crippen LogP contribution in [0.5, 0.6) is 0 Å². The SMILES string of the molecule is CC1(O)CCC1(N)CO. The van der Waals surface area contributed by atoms with Crippen LogP contribution in [0.2, 0.25) is 0 Å². The highest BCUT2D eigenvalue weighted by atomic mass is 16.3. The summed E-state index contributed by atoms with van der Waals surface area (Å²) in [5, 5.41) is 18.0. The topological polar surface area (TPSA) is 66.5 Å². The van der Waals surface area contributed by atoms with E-state index in [4.69, 9.17) is 10.8 Å². The molecule has 1 fully saturated rings. The zero-order valence-electron chi connectivity index (χ0n) is 5.59. The minimum atomic E-state index is -0.845. The fraction of sp³-hybridized carbons (Fsp3) is 1.00. The summed E-state index contributed by atoms with van der Waals surface area (Å²) in [5.74, 6) is 0. The van der Waals surface area contributed by atoms with E-state index < -0.39 is 11.1 Å². The molecule has 1 saturated carbocycles. The normalized spacial score (nSPS) is 50.7. The summed E-state index contributed by atoms with van der Waals surface area (Å²) >= 11 is 0. The molecule has 1 aliphatic carbocycles. The molecule has 3 nitrogen and oxygen atoms in total. The van der Waals surface area contributed by atoms with Gasteiger partial charge in [-0.2, -0.15) is 0 Å². The fourth-order valence-electron chi connectivity index (χ4n) is 1.06. The Kier molecular flexibility index (Phi) is 1.31. The van der Waals surface area contributed by atoms with Gasteiger partial charge >= 0.3 is 0 Å². The molecule has 0 aromatic carbocycles. The van der Waals surface area contributed by atoms with Crippen molar-refractivity contribution in [1.82, 2.24) is 0 Å². The Morgan fingerprint density at radius 1 is 1.56 bits per heavy atom.